The van der Waals surface area contributed by atoms with Crippen molar-refractivity contribution < 1.29 is 8.78 Å². The Hall–Kier alpha value is -1.96. The minimum Gasteiger partial charge on any atom is -0.330 e. The second-order valence-electron chi connectivity index (χ2n) is 3.18. The number of imidazole rings is 1. The lowest BCUT2D eigenvalue weighted by Crippen LogP contribution is -1.95. The van der Waals surface area contributed by atoms with Gasteiger partial charge in [0.05, 0.1) is 18.0 Å². The molecule has 0 aliphatic heterocycles. The van der Waals surface area contributed by atoms with Crippen LogP contribution in [-0.4, -0.2) is 9.55 Å². The van der Waals surface area contributed by atoms with E-state index < -0.39 is 11.6 Å². The monoisotopic (exact) mass is 207 g/mol. The van der Waals surface area contributed by atoms with Gasteiger partial charge in [-0.1, -0.05) is 0 Å². The van der Waals surface area contributed by atoms with Gasteiger partial charge in [-0.3, -0.25) is 0 Å². The minimum absolute atomic E-state index is 0.0756. The maximum atomic E-state index is 13.3. The summed E-state index contributed by atoms with van der Waals surface area (Å²) < 4.78 is 27.7. The number of benzene rings is 1. The molecule has 3 nitrogen and oxygen atoms in total. The molecule has 0 bridgehead atoms. The summed E-state index contributed by atoms with van der Waals surface area (Å²) >= 11 is 0. The highest BCUT2D eigenvalue weighted by molar-refractivity contribution is 5.76. The largest absolute Gasteiger partial charge is 0.330 e. The van der Waals surface area contributed by atoms with Crippen LogP contribution in [0.5, 0.6) is 0 Å². The Labute approximate surface area is 84.6 Å². The highest BCUT2D eigenvalue weighted by Gasteiger charge is 2.12. The lowest BCUT2D eigenvalue weighted by Gasteiger charge is -1.97. The van der Waals surface area contributed by atoms with E-state index in [0.717, 1.165) is 6.07 Å². The molecule has 0 atom stereocenters. The van der Waals surface area contributed by atoms with Gasteiger partial charge in [0, 0.05) is 13.1 Å². The fraction of sp³-hybridized carbons (Fsp3) is 0.200. The maximum Gasteiger partial charge on any atom is 0.153 e. The predicted octanol–water partition coefficient (Wildman–Crippen LogP) is 1.92. The van der Waals surface area contributed by atoms with Gasteiger partial charge in [-0.2, -0.15) is 5.26 Å². The van der Waals surface area contributed by atoms with Crippen LogP contribution in [0.1, 0.15) is 5.82 Å². The molecule has 0 saturated carbocycles. The van der Waals surface area contributed by atoms with Gasteiger partial charge in [-0.25, -0.2) is 13.8 Å². The molecule has 2 rings (SSSR count). The molecule has 0 unspecified atom stereocenters. The summed E-state index contributed by atoms with van der Waals surface area (Å²) in [5.41, 5.74) is 0.460. The van der Waals surface area contributed by atoms with Crippen LogP contribution in [0.25, 0.3) is 11.0 Å². The van der Waals surface area contributed by atoms with Crippen molar-refractivity contribution in [3.63, 3.8) is 0 Å². The Morgan fingerprint density at radius 1 is 1.47 bits per heavy atom. The van der Waals surface area contributed by atoms with Crippen molar-refractivity contribution in [3.05, 3.63) is 29.6 Å². The SMILES string of the molecule is Cn1c(CC#N)nc2c(F)cc(F)cc21. The summed E-state index contributed by atoms with van der Waals surface area (Å²) in [4.78, 5) is 3.94. The van der Waals surface area contributed by atoms with E-state index in [1.807, 2.05) is 6.07 Å². The quantitative estimate of drug-likeness (QED) is 0.716. The molecule has 0 amide bonds. The van der Waals surface area contributed by atoms with E-state index in [0.29, 0.717) is 11.3 Å². The summed E-state index contributed by atoms with van der Waals surface area (Å²) in [7, 11) is 1.63. The van der Waals surface area contributed by atoms with E-state index in [9.17, 15) is 8.78 Å². The van der Waals surface area contributed by atoms with Gasteiger partial charge < -0.3 is 4.57 Å². The van der Waals surface area contributed by atoms with Gasteiger partial charge in [0.25, 0.3) is 0 Å². The first-order chi connectivity index (χ1) is 7.13. The molecule has 1 aromatic heterocycles. The zero-order valence-electron chi connectivity index (χ0n) is 7.96. The first-order valence-electron chi connectivity index (χ1n) is 4.31. The summed E-state index contributed by atoms with van der Waals surface area (Å²) in [6.45, 7) is 0. The Kier molecular flexibility index (Phi) is 2.12. The molecule has 0 spiro atoms. The topological polar surface area (TPSA) is 41.6 Å². The fourth-order valence-corrected chi connectivity index (χ4v) is 1.49. The summed E-state index contributed by atoms with van der Waals surface area (Å²) in [5.74, 6) is -0.923. The normalized spacial score (nSPS) is 10.5. The highest BCUT2D eigenvalue weighted by Crippen LogP contribution is 2.19. The van der Waals surface area contributed by atoms with Crippen molar-refractivity contribution >= 4 is 11.0 Å². The average molecular weight is 207 g/mol. The average Bonchev–Trinajstić information content (AvgIpc) is 2.47. The van der Waals surface area contributed by atoms with Crippen molar-refractivity contribution in [1.82, 2.24) is 9.55 Å². The molecule has 0 aliphatic rings. The van der Waals surface area contributed by atoms with Crippen molar-refractivity contribution in [2.24, 2.45) is 7.05 Å². The Morgan fingerprint density at radius 3 is 2.87 bits per heavy atom. The first-order valence-corrected chi connectivity index (χ1v) is 4.31. The van der Waals surface area contributed by atoms with E-state index in [4.69, 9.17) is 5.26 Å². The molecule has 2 aromatic rings. The lowest BCUT2D eigenvalue weighted by molar-refractivity contribution is 0.590. The maximum absolute atomic E-state index is 13.3. The van der Waals surface area contributed by atoms with Crippen molar-refractivity contribution in [2.75, 3.05) is 0 Å². The van der Waals surface area contributed by atoms with E-state index in [1.54, 1.807) is 7.05 Å². The van der Waals surface area contributed by atoms with Crippen LogP contribution in [-0.2, 0) is 13.5 Å². The van der Waals surface area contributed by atoms with Crippen LogP contribution >= 0.6 is 0 Å². The van der Waals surface area contributed by atoms with Crippen LogP contribution in [0.3, 0.4) is 0 Å². The summed E-state index contributed by atoms with van der Waals surface area (Å²) in [6, 6.07) is 3.90. The Balaban J connectivity index is 2.77. The molecule has 1 aromatic carbocycles. The van der Waals surface area contributed by atoms with Gasteiger partial charge in [0.1, 0.15) is 17.2 Å². The van der Waals surface area contributed by atoms with Crippen LogP contribution in [0, 0.1) is 23.0 Å². The van der Waals surface area contributed by atoms with Crippen molar-refractivity contribution in [2.45, 2.75) is 6.42 Å². The lowest BCUT2D eigenvalue weighted by atomic mass is 10.3. The van der Waals surface area contributed by atoms with Crippen LogP contribution in [0.2, 0.25) is 0 Å². The van der Waals surface area contributed by atoms with Crippen molar-refractivity contribution in [1.29, 1.82) is 5.26 Å². The Bertz CT molecular complexity index is 566. The van der Waals surface area contributed by atoms with Crippen LogP contribution in [0.15, 0.2) is 12.1 Å². The zero-order chi connectivity index (χ0) is 11.0. The van der Waals surface area contributed by atoms with E-state index in [1.165, 1.54) is 10.6 Å². The van der Waals surface area contributed by atoms with E-state index in [-0.39, 0.29) is 11.9 Å². The zero-order valence-corrected chi connectivity index (χ0v) is 7.96. The van der Waals surface area contributed by atoms with E-state index >= 15 is 0 Å². The first kappa shape index (κ1) is 9.59. The smallest absolute Gasteiger partial charge is 0.153 e. The third-order valence-electron chi connectivity index (χ3n) is 2.23. The fourth-order valence-electron chi connectivity index (χ4n) is 1.49. The number of rotatable bonds is 1. The van der Waals surface area contributed by atoms with Crippen LogP contribution in [0.4, 0.5) is 8.78 Å². The molecule has 0 aliphatic carbocycles. The molecule has 0 radical (unpaired) electrons. The van der Waals surface area contributed by atoms with Gasteiger partial charge in [0.2, 0.25) is 0 Å². The van der Waals surface area contributed by atoms with Crippen molar-refractivity contribution in [3.8, 4) is 6.07 Å². The van der Waals surface area contributed by atoms with Gasteiger partial charge in [0.15, 0.2) is 5.82 Å². The predicted molar refractivity (Wildman–Crippen MR) is 49.9 cm³/mol. The second kappa shape index (κ2) is 3.31. The molecular weight excluding hydrogens is 200 g/mol. The third kappa shape index (κ3) is 1.44. The van der Waals surface area contributed by atoms with Gasteiger partial charge in [-0.05, 0) is 6.07 Å². The summed E-state index contributed by atoms with van der Waals surface area (Å²) in [6.07, 6.45) is 0.0756. The van der Waals surface area contributed by atoms with Gasteiger partial charge >= 0.3 is 0 Å². The molecule has 0 fully saturated rings. The molecular formula is C10H7F2N3. The van der Waals surface area contributed by atoms with E-state index in [2.05, 4.69) is 4.98 Å². The third-order valence-corrected chi connectivity index (χ3v) is 2.23. The molecule has 15 heavy (non-hydrogen) atoms. The molecule has 5 heteroatoms. The number of hydrogen-bond donors (Lipinski definition) is 0. The second-order valence-corrected chi connectivity index (χ2v) is 3.18. The number of nitrogens with zero attached hydrogens (tertiary/aromatic N) is 3. The Morgan fingerprint density at radius 2 is 2.20 bits per heavy atom. The highest BCUT2D eigenvalue weighted by atomic mass is 19.1. The molecule has 1 heterocycles. The molecule has 0 saturated heterocycles. The van der Waals surface area contributed by atoms with Crippen LogP contribution < -0.4 is 0 Å². The number of aryl methyl sites for hydroxylation is 1. The van der Waals surface area contributed by atoms with Gasteiger partial charge in [-0.15, -0.1) is 0 Å². The molecule has 0 N–H and O–H groups in total. The number of fused-ring (bicyclic) bond motifs is 1. The number of halogens is 2. The summed E-state index contributed by atoms with van der Waals surface area (Å²) in [5, 5.41) is 8.52. The number of aromatic nitrogens is 2. The minimum atomic E-state index is -0.704. The molecule has 76 valence electrons. The number of hydrogen-bond acceptors (Lipinski definition) is 2. The standard InChI is InChI=1S/C10H7F2N3/c1-15-8-5-6(11)4-7(12)10(8)14-9(15)2-3-13/h4-5H,2H2,1H3. The number of nitriles is 1.